The molecule has 5 heteroatoms. The molecule has 0 bridgehead atoms. The number of rotatable bonds is 4. The van der Waals surface area contributed by atoms with Crippen molar-refractivity contribution in [3.05, 3.63) is 28.5 Å². The number of amides is 1. The summed E-state index contributed by atoms with van der Waals surface area (Å²) >= 11 is 9.08. The number of halogens is 2. The highest BCUT2D eigenvalue weighted by molar-refractivity contribution is 9.10. The highest BCUT2D eigenvalue weighted by Crippen LogP contribution is 2.14. The van der Waals surface area contributed by atoms with Crippen molar-refractivity contribution in [3.63, 3.8) is 0 Å². The second-order valence-electron chi connectivity index (χ2n) is 3.81. The van der Waals surface area contributed by atoms with Crippen molar-refractivity contribution < 1.29 is 4.79 Å². The molecule has 16 heavy (non-hydrogen) atoms. The predicted octanol–water partition coefficient (Wildman–Crippen LogP) is 2.84. The summed E-state index contributed by atoms with van der Waals surface area (Å²) in [5.41, 5.74) is 0.387. The van der Waals surface area contributed by atoms with Crippen molar-refractivity contribution in [2.45, 2.75) is 19.9 Å². The lowest BCUT2D eigenvalue weighted by atomic mass is 10.1. The Bertz CT molecular complexity index is 371. The predicted molar refractivity (Wildman–Crippen MR) is 68.7 cm³/mol. The Morgan fingerprint density at radius 1 is 1.62 bits per heavy atom. The van der Waals surface area contributed by atoms with Gasteiger partial charge in [-0.05, 0) is 34.0 Å². The number of hydrogen-bond donors (Lipinski definition) is 1. The Labute approximate surface area is 109 Å². The van der Waals surface area contributed by atoms with Gasteiger partial charge in [0, 0.05) is 22.6 Å². The molecule has 0 saturated heterocycles. The van der Waals surface area contributed by atoms with Crippen LogP contribution < -0.4 is 5.32 Å². The van der Waals surface area contributed by atoms with Crippen LogP contribution in [0.2, 0.25) is 0 Å². The van der Waals surface area contributed by atoms with Gasteiger partial charge in [-0.1, -0.05) is 13.8 Å². The first-order chi connectivity index (χ1) is 7.56. The Balaban J connectivity index is 2.76. The zero-order chi connectivity index (χ0) is 12.1. The van der Waals surface area contributed by atoms with Crippen LogP contribution in [0.15, 0.2) is 22.8 Å². The highest BCUT2D eigenvalue weighted by Gasteiger charge is 2.18. The number of carbonyl (C=O) groups is 1. The highest BCUT2D eigenvalue weighted by atomic mass is 79.9. The second-order valence-corrected chi connectivity index (χ2v) is 4.98. The number of nitrogens with one attached hydrogen (secondary N) is 1. The maximum absolute atomic E-state index is 11.9. The molecule has 0 spiro atoms. The molecule has 0 saturated carbocycles. The van der Waals surface area contributed by atoms with Gasteiger partial charge in [-0.25, -0.2) is 4.98 Å². The molecule has 1 atom stereocenters. The maximum Gasteiger partial charge on any atom is 0.271 e. The van der Waals surface area contributed by atoms with Crippen LogP contribution in [0.4, 0.5) is 0 Å². The molecule has 0 aliphatic rings. The Kier molecular flexibility index (Phi) is 5.22. The molecule has 3 nitrogen and oxygen atoms in total. The lowest BCUT2D eigenvalue weighted by molar-refractivity contribution is 0.0925. The van der Waals surface area contributed by atoms with Crippen LogP contribution in [0, 0.1) is 5.92 Å². The van der Waals surface area contributed by atoms with Gasteiger partial charge in [-0.2, -0.15) is 0 Å². The summed E-state index contributed by atoms with van der Waals surface area (Å²) in [6.07, 6.45) is 1.59. The van der Waals surface area contributed by atoms with Gasteiger partial charge in [0.15, 0.2) is 0 Å². The molecule has 0 radical (unpaired) electrons. The minimum atomic E-state index is -0.202. The molecule has 1 amide bonds. The molecular formula is C11H14BrClN2O. The average Bonchev–Trinajstić information content (AvgIpc) is 2.25. The molecular weight excluding hydrogens is 291 g/mol. The van der Waals surface area contributed by atoms with E-state index < -0.39 is 0 Å². The Morgan fingerprint density at radius 3 is 2.81 bits per heavy atom. The molecule has 1 aromatic rings. The smallest absolute Gasteiger partial charge is 0.271 e. The fraction of sp³-hybridized carbons (Fsp3) is 0.455. The topological polar surface area (TPSA) is 42.0 Å². The maximum atomic E-state index is 11.9. The third-order valence-electron chi connectivity index (χ3n) is 2.26. The summed E-state index contributed by atoms with van der Waals surface area (Å²) in [4.78, 5) is 15.9. The lowest BCUT2D eigenvalue weighted by Crippen LogP contribution is -2.40. The molecule has 0 fully saturated rings. The van der Waals surface area contributed by atoms with Crippen LogP contribution in [0.25, 0.3) is 0 Å². The van der Waals surface area contributed by atoms with E-state index in [4.69, 9.17) is 11.6 Å². The van der Waals surface area contributed by atoms with Gasteiger partial charge in [0.05, 0.1) is 0 Å². The van der Waals surface area contributed by atoms with Gasteiger partial charge in [-0.3, -0.25) is 4.79 Å². The van der Waals surface area contributed by atoms with Gasteiger partial charge in [0.25, 0.3) is 5.91 Å². The Hall–Kier alpha value is -0.610. The van der Waals surface area contributed by atoms with E-state index in [1.165, 1.54) is 0 Å². The van der Waals surface area contributed by atoms with Crippen LogP contribution in [0.1, 0.15) is 24.3 Å². The van der Waals surface area contributed by atoms with Crippen LogP contribution >= 0.6 is 27.5 Å². The molecule has 1 unspecified atom stereocenters. The number of nitrogens with zero attached hydrogens (tertiary/aromatic N) is 1. The van der Waals surface area contributed by atoms with Crippen LogP contribution in [-0.2, 0) is 0 Å². The molecule has 0 aliphatic heterocycles. The summed E-state index contributed by atoms with van der Waals surface area (Å²) in [6.45, 7) is 4.03. The van der Waals surface area contributed by atoms with Crippen LogP contribution in [0.5, 0.6) is 0 Å². The van der Waals surface area contributed by atoms with Gasteiger partial charge in [0.1, 0.15) is 5.69 Å². The van der Waals surface area contributed by atoms with E-state index in [1.807, 2.05) is 13.8 Å². The molecule has 1 aromatic heterocycles. The van der Waals surface area contributed by atoms with Crippen molar-refractivity contribution in [1.29, 1.82) is 0 Å². The fourth-order valence-electron chi connectivity index (χ4n) is 1.17. The number of hydrogen-bond acceptors (Lipinski definition) is 2. The lowest BCUT2D eigenvalue weighted by Gasteiger charge is -2.19. The van der Waals surface area contributed by atoms with E-state index in [-0.39, 0.29) is 11.9 Å². The second kappa shape index (κ2) is 6.21. The van der Waals surface area contributed by atoms with Crippen molar-refractivity contribution in [2.75, 3.05) is 5.88 Å². The fourth-order valence-corrected chi connectivity index (χ4v) is 2.04. The number of aromatic nitrogens is 1. The van der Waals surface area contributed by atoms with Gasteiger partial charge in [0.2, 0.25) is 0 Å². The number of pyridine rings is 1. The van der Waals surface area contributed by atoms with Gasteiger partial charge in [-0.15, -0.1) is 11.6 Å². The SMILES string of the molecule is CC(C)C(CCl)NC(=O)c1ncccc1Br. The molecule has 1 N–H and O–H groups in total. The summed E-state index contributed by atoms with van der Waals surface area (Å²) in [5, 5.41) is 2.86. The summed E-state index contributed by atoms with van der Waals surface area (Å²) in [6, 6.07) is 3.51. The first-order valence-electron chi connectivity index (χ1n) is 5.03. The average molecular weight is 306 g/mol. The van der Waals surface area contributed by atoms with Crippen LogP contribution in [-0.4, -0.2) is 22.8 Å². The first-order valence-corrected chi connectivity index (χ1v) is 6.36. The van der Waals surface area contributed by atoms with Gasteiger partial charge >= 0.3 is 0 Å². The Morgan fingerprint density at radius 2 is 2.31 bits per heavy atom. The summed E-state index contributed by atoms with van der Waals surface area (Å²) < 4.78 is 0.685. The van der Waals surface area contributed by atoms with E-state index >= 15 is 0 Å². The summed E-state index contributed by atoms with van der Waals surface area (Å²) in [5.74, 6) is 0.490. The minimum Gasteiger partial charge on any atom is -0.346 e. The zero-order valence-corrected chi connectivity index (χ0v) is 11.5. The minimum absolute atomic E-state index is 0.0388. The third kappa shape index (κ3) is 3.46. The van der Waals surface area contributed by atoms with Crippen molar-refractivity contribution in [2.24, 2.45) is 5.92 Å². The quantitative estimate of drug-likeness (QED) is 0.869. The van der Waals surface area contributed by atoms with E-state index in [0.717, 1.165) is 0 Å². The van der Waals surface area contributed by atoms with Crippen molar-refractivity contribution >= 4 is 33.4 Å². The largest absolute Gasteiger partial charge is 0.346 e. The standard InChI is InChI=1S/C11H14BrClN2O/c1-7(2)9(6-13)15-11(16)10-8(12)4-3-5-14-10/h3-5,7,9H,6H2,1-2H3,(H,15,16). The molecule has 0 aliphatic carbocycles. The number of alkyl halides is 1. The first kappa shape index (κ1) is 13.5. The zero-order valence-electron chi connectivity index (χ0n) is 9.21. The van der Waals surface area contributed by atoms with E-state index in [0.29, 0.717) is 22.0 Å². The normalized spacial score (nSPS) is 12.6. The van der Waals surface area contributed by atoms with E-state index in [1.54, 1.807) is 18.3 Å². The van der Waals surface area contributed by atoms with Crippen LogP contribution in [0.3, 0.4) is 0 Å². The third-order valence-corrected chi connectivity index (χ3v) is 3.23. The summed E-state index contributed by atoms with van der Waals surface area (Å²) in [7, 11) is 0. The molecule has 1 rings (SSSR count). The molecule has 88 valence electrons. The molecule has 1 heterocycles. The van der Waals surface area contributed by atoms with Gasteiger partial charge < -0.3 is 5.32 Å². The molecule has 0 aromatic carbocycles. The number of carbonyl (C=O) groups excluding carboxylic acids is 1. The van der Waals surface area contributed by atoms with Crippen molar-refractivity contribution in [3.8, 4) is 0 Å². The van der Waals surface area contributed by atoms with E-state index in [9.17, 15) is 4.79 Å². The van der Waals surface area contributed by atoms with E-state index in [2.05, 4.69) is 26.2 Å². The van der Waals surface area contributed by atoms with Crippen molar-refractivity contribution in [1.82, 2.24) is 10.3 Å². The monoisotopic (exact) mass is 304 g/mol.